The number of rotatable bonds is 8. The van der Waals surface area contributed by atoms with E-state index in [1.54, 1.807) is 7.11 Å². The molecule has 1 aliphatic carbocycles. The van der Waals surface area contributed by atoms with Crippen molar-refractivity contribution in [1.29, 1.82) is 0 Å². The van der Waals surface area contributed by atoms with Crippen LogP contribution in [0.4, 0.5) is 0 Å². The van der Waals surface area contributed by atoms with Crippen LogP contribution in [0.1, 0.15) is 76.7 Å². The van der Waals surface area contributed by atoms with E-state index in [-0.39, 0.29) is 36.6 Å². The standard InChI is InChI=1S/C26H40N4O4.2ClH/c1-3-4-14-30-23(31)21(17-25(33)10-6-5-7-11-25)28-24(32)26(30)12-15-29(16-13-26)19-20-8-9-22(34-2)27-18-20;;/h8-9,18,21,33H,3-7,10-17,19H2,1-2H3,(H,28,32);2*1H/t21-;;/m1../s1. The highest BCUT2D eigenvalue weighted by atomic mass is 35.5. The van der Waals surface area contributed by atoms with Crippen LogP contribution in [0.5, 0.6) is 5.88 Å². The van der Waals surface area contributed by atoms with Crippen molar-refractivity contribution in [3.8, 4) is 5.88 Å². The predicted molar refractivity (Wildman–Crippen MR) is 144 cm³/mol. The molecule has 1 atom stereocenters. The number of aliphatic hydroxyl groups is 1. The Balaban J connectivity index is 0.00000228. The number of nitrogens with one attached hydrogen (secondary N) is 1. The molecule has 2 amide bonds. The Morgan fingerprint density at radius 3 is 2.39 bits per heavy atom. The summed E-state index contributed by atoms with van der Waals surface area (Å²) < 4.78 is 5.14. The molecule has 0 aromatic carbocycles. The molecule has 0 unspecified atom stereocenters. The Morgan fingerprint density at radius 2 is 1.81 bits per heavy atom. The number of nitrogens with zero attached hydrogens (tertiary/aromatic N) is 3. The zero-order chi connectivity index (χ0) is 24.2. The number of piperazine rings is 1. The van der Waals surface area contributed by atoms with Crippen molar-refractivity contribution in [2.75, 3.05) is 26.7 Å². The molecule has 1 aromatic heterocycles. The van der Waals surface area contributed by atoms with E-state index in [1.165, 1.54) is 0 Å². The first kappa shape index (κ1) is 30.6. The van der Waals surface area contributed by atoms with Crippen LogP contribution >= 0.6 is 24.8 Å². The van der Waals surface area contributed by atoms with Gasteiger partial charge in [-0.05, 0) is 37.7 Å². The van der Waals surface area contributed by atoms with Gasteiger partial charge in [-0.2, -0.15) is 0 Å². The van der Waals surface area contributed by atoms with Crippen LogP contribution in [0, 0.1) is 0 Å². The summed E-state index contributed by atoms with van der Waals surface area (Å²) in [5.41, 5.74) is -0.528. The average Bonchev–Trinajstić information content (AvgIpc) is 2.84. The number of pyridine rings is 1. The fourth-order valence-electron chi connectivity index (χ4n) is 5.91. The summed E-state index contributed by atoms with van der Waals surface area (Å²) in [6.45, 7) is 4.94. The van der Waals surface area contributed by atoms with Crippen LogP contribution in [0.2, 0.25) is 0 Å². The van der Waals surface area contributed by atoms with Crippen molar-refractivity contribution in [3.05, 3.63) is 23.9 Å². The monoisotopic (exact) mass is 544 g/mol. The van der Waals surface area contributed by atoms with Crippen molar-refractivity contribution in [2.24, 2.45) is 0 Å². The molecule has 3 aliphatic rings. The topological polar surface area (TPSA) is 95.0 Å². The van der Waals surface area contributed by atoms with E-state index in [9.17, 15) is 14.7 Å². The van der Waals surface area contributed by atoms with Crippen molar-refractivity contribution < 1.29 is 19.4 Å². The molecule has 1 saturated carbocycles. The number of amides is 2. The summed E-state index contributed by atoms with van der Waals surface area (Å²) in [5.74, 6) is 0.538. The molecule has 3 fully saturated rings. The van der Waals surface area contributed by atoms with E-state index in [2.05, 4.69) is 22.1 Å². The van der Waals surface area contributed by atoms with Crippen molar-refractivity contribution in [3.63, 3.8) is 0 Å². The summed E-state index contributed by atoms with van der Waals surface area (Å²) in [5, 5.41) is 14.1. The predicted octanol–water partition coefficient (Wildman–Crippen LogP) is 3.48. The third-order valence-corrected chi connectivity index (χ3v) is 8.01. The summed E-state index contributed by atoms with van der Waals surface area (Å²) in [7, 11) is 1.60. The number of piperidine rings is 1. The van der Waals surface area contributed by atoms with Crippen LogP contribution in [0.3, 0.4) is 0 Å². The van der Waals surface area contributed by atoms with Gasteiger partial charge in [-0.3, -0.25) is 14.5 Å². The van der Waals surface area contributed by atoms with E-state index in [0.29, 0.717) is 44.5 Å². The lowest BCUT2D eigenvalue weighted by molar-refractivity contribution is -0.163. The van der Waals surface area contributed by atoms with E-state index in [1.807, 2.05) is 23.2 Å². The Kier molecular flexibility index (Phi) is 11.3. The maximum absolute atomic E-state index is 13.7. The number of carbonyl (C=O) groups is 2. The van der Waals surface area contributed by atoms with Gasteiger partial charge in [0.2, 0.25) is 17.7 Å². The van der Waals surface area contributed by atoms with Crippen LogP contribution < -0.4 is 10.1 Å². The molecule has 3 heterocycles. The fraction of sp³-hybridized carbons (Fsp3) is 0.731. The smallest absolute Gasteiger partial charge is 0.246 e. The van der Waals surface area contributed by atoms with Crippen LogP contribution in [0.25, 0.3) is 0 Å². The maximum Gasteiger partial charge on any atom is 0.246 e. The highest BCUT2D eigenvalue weighted by Crippen LogP contribution is 2.37. The van der Waals surface area contributed by atoms with Gasteiger partial charge in [0.1, 0.15) is 11.6 Å². The number of unbranched alkanes of at least 4 members (excludes halogenated alkanes) is 1. The van der Waals surface area contributed by atoms with E-state index in [0.717, 1.165) is 57.3 Å². The summed E-state index contributed by atoms with van der Waals surface area (Å²) >= 11 is 0. The lowest BCUT2D eigenvalue weighted by Gasteiger charge is -2.52. The number of hydrogen-bond acceptors (Lipinski definition) is 6. The third-order valence-electron chi connectivity index (χ3n) is 8.01. The molecule has 1 aromatic rings. The summed E-state index contributed by atoms with van der Waals surface area (Å²) in [4.78, 5) is 35.7. The third kappa shape index (κ3) is 6.63. The Bertz CT molecular complexity index is 856. The van der Waals surface area contributed by atoms with Crippen molar-refractivity contribution in [2.45, 2.75) is 94.9 Å². The van der Waals surface area contributed by atoms with Crippen molar-refractivity contribution >= 4 is 36.6 Å². The molecule has 204 valence electrons. The van der Waals surface area contributed by atoms with E-state index in [4.69, 9.17) is 4.74 Å². The highest BCUT2D eigenvalue weighted by molar-refractivity contribution is 6.00. The minimum Gasteiger partial charge on any atom is -0.481 e. The molecular formula is C26H42Cl2N4O4. The molecule has 10 heteroatoms. The second-order valence-corrected chi connectivity index (χ2v) is 10.4. The van der Waals surface area contributed by atoms with Gasteiger partial charge in [0.25, 0.3) is 0 Å². The number of aromatic nitrogens is 1. The van der Waals surface area contributed by atoms with Gasteiger partial charge in [-0.15, -0.1) is 24.8 Å². The quantitative estimate of drug-likeness (QED) is 0.520. The first-order chi connectivity index (χ1) is 16.4. The molecule has 0 bridgehead atoms. The summed E-state index contributed by atoms with van der Waals surface area (Å²) in [6, 6.07) is 3.25. The molecule has 4 rings (SSSR count). The number of ether oxygens (including phenoxy) is 1. The molecule has 1 spiro atoms. The molecule has 2 N–H and O–H groups in total. The molecule has 2 saturated heterocycles. The van der Waals surface area contributed by atoms with Gasteiger partial charge in [0.15, 0.2) is 0 Å². The SMILES string of the molecule is CCCCN1C(=O)[C@@H](CC2(O)CCCCC2)NC(=O)C12CCN(Cc1ccc(OC)nc1)CC2.Cl.Cl. The zero-order valence-electron chi connectivity index (χ0n) is 21.5. The Labute approximate surface area is 227 Å². The second-order valence-electron chi connectivity index (χ2n) is 10.4. The zero-order valence-corrected chi connectivity index (χ0v) is 23.2. The number of hydrogen-bond donors (Lipinski definition) is 2. The van der Waals surface area contributed by atoms with Gasteiger partial charge >= 0.3 is 0 Å². The number of methoxy groups -OCH3 is 1. The number of halogens is 2. The first-order valence-corrected chi connectivity index (χ1v) is 13.0. The largest absolute Gasteiger partial charge is 0.481 e. The minimum atomic E-state index is -0.845. The Morgan fingerprint density at radius 1 is 1.11 bits per heavy atom. The molecule has 36 heavy (non-hydrogen) atoms. The van der Waals surface area contributed by atoms with E-state index >= 15 is 0 Å². The van der Waals surface area contributed by atoms with Gasteiger partial charge in [0, 0.05) is 44.9 Å². The van der Waals surface area contributed by atoms with Crippen molar-refractivity contribution in [1.82, 2.24) is 20.1 Å². The lowest BCUT2D eigenvalue weighted by Crippen LogP contribution is -2.73. The van der Waals surface area contributed by atoms with Crippen LogP contribution in [-0.4, -0.2) is 75.6 Å². The van der Waals surface area contributed by atoms with Gasteiger partial charge in [0.05, 0.1) is 12.7 Å². The molecule has 0 radical (unpaired) electrons. The summed E-state index contributed by atoms with van der Waals surface area (Å²) in [6.07, 6.45) is 9.74. The highest BCUT2D eigenvalue weighted by Gasteiger charge is 2.54. The van der Waals surface area contributed by atoms with Gasteiger partial charge in [-0.25, -0.2) is 4.98 Å². The maximum atomic E-state index is 13.7. The first-order valence-electron chi connectivity index (χ1n) is 13.0. The Hall–Kier alpha value is -1.61. The molecule has 2 aliphatic heterocycles. The van der Waals surface area contributed by atoms with Gasteiger partial charge < -0.3 is 20.1 Å². The van der Waals surface area contributed by atoms with E-state index < -0.39 is 17.2 Å². The molecule has 8 nitrogen and oxygen atoms in total. The number of likely N-dealkylation sites (tertiary alicyclic amines) is 1. The normalized spacial score (nSPS) is 23.4. The second kappa shape index (κ2) is 13.3. The molecular weight excluding hydrogens is 503 g/mol. The fourth-order valence-corrected chi connectivity index (χ4v) is 5.91. The van der Waals surface area contributed by atoms with Crippen LogP contribution in [0.15, 0.2) is 18.3 Å². The minimum absolute atomic E-state index is 0. The van der Waals surface area contributed by atoms with Gasteiger partial charge in [-0.1, -0.05) is 38.7 Å². The number of carbonyl (C=O) groups excluding carboxylic acids is 2. The van der Waals surface area contributed by atoms with Crippen LogP contribution in [-0.2, 0) is 16.1 Å². The lowest BCUT2D eigenvalue weighted by atomic mass is 9.77. The average molecular weight is 546 g/mol.